The first-order valence-electron chi connectivity index (χ1n) is 10.3. The van der Waals surface area contributed by atoms with E-state index in [-0.39, 0.29) is 23.0 Å². The first-order chi connectivity index (χ1) is 16.9. The molecule has 0 aliphatic heterocycles. The van der Waals surface area contributed by atoms with Crippen LogP contribution in [0, 0.1) is 23.7 Å². The van der Waals surface area contributed by atoms with Gasteiger partial charge < -0.3 is 19.5 Å². The molecule has 176 valence electrons. The van der Waals surface area contributed by atoms with Gasteiger partial charge >= 0.3 is 0 Å². The van der Waals surface area contributed by atoms with Crippen LogP contribution in [0.3, 0.4) is 0 Å². The number of amides is 1. The number of ether oxygens (including phenoxy) is 3. The van der Waals surface area contributed by atoms with E-state index in [0.29, 0.717) is 34.4 Å². The maximum atomic E-state index is 12.7. The molecule has 0 saturated carbocycles. The van der Waals surface area contributed by atoms with Crippen molar-refractivity contribution in [2.24, 2.45) is 0 Å². The summed E-state index contributed by atoms with van der Waals surface area (Å²) in [7, 11) is 1.45. The van der Waals surface area contributed by atoms with Gasteiger partial charge in [-0.3, -0.25) is 4.79 Å². The van der Waals surface area contributed by atoms with Gasteiger partial charge in [-0.2, -0.15) is 5.26 Å². The van der Waals surface area contributed by atoms with Gasteiger partial charge in [-0.05, 0) is 65.7 Å². The molecule has 3 aromatic carbocycles. The number of anilines is 1. The lowest BCUT2D eigenvalue weighted by Crippen LogP contribution is -2.13. The Hall–Kier alpha value is -4.10. The minimum Gasteiger partial charge on any atom is -0.493 e. The van der Waals surface area contributed by atoms with Crippen LogP contribution in [-0.4, -0.2) is 19.6 Å². The van der Waals surface area contributed by atoms with E-state index >= 15 is 0 Å². The van der Waals surface area contributed by atoms with E-state index < -0.39 is 5.91 Å². The molecule has 1 N–H and O–H groups in total. The zero-order valence-corrected chi connectivity index (χ0v) is 20.2. The summed E-state index contributed by atoms with van der Waals surface area (Å²) in [5, 5.41) is 13.1. The van der Waals surface area contributed by atoms with E-state index in [1.165, 1.54) is 13.2 Å². The molecule has 0 unspecified atom stereocenters. The zero-order chi connectivity index (χ0) is 25.2. The highest BCUT2D eigenvalue weighted by molar-refractivity contribution is 6.32. The quantitative estimate of drug-likeness (QED) is 0.214. The van der Waals surface area contributed by atoms with Crippen LogP contribution in [-0.2, 0) is 11.4 Å². The highest BCUT2D eigenvalue weighted by atomic mass is 35.5. The Morgan fingerprint density at radius 1 is 1.09 bits per heavy atom. The molecule has 0 saturated heterocycles. The fourth-order valence-electron chi connectivity index (χ4n) is 2.97. The van der Waals surface area contributed by atoms with Crippen LogP contribution >= 0.6 is 23.2 Å². The highest BCUT2D eigenvalue weighted by Gasteiger charge is 2.14. The third-order valence-corrected chi connectivity index (χ3v) is 5.19. The Bertz CT molecular complexity index is 1310. The van der Waals surface area contributed by atoms with Crippen LogP contribution in [0.1, 0.15) is 11.1 Å². The second kappa shape index (κ2) is 12.4. The molecule has 6 nitrogen and oxygen atoms in total. The summed E-state index contributed by atoms with van der Waals surface area (Å²) in [6.07, 6.45) is 6.62. The van der Waals surface area contributed by atoms with Crippen LogP contribution < -0.4 is 19.5 Å². The van der Waals surface area contributed by atoms with Crippen molar-refractivity contribution in [2.75, 3.05) is 19.0 Å². The molecule has 8 heteroatoms. The summed E-state index contributed by atoms with van der Waals surface area (Å²) in [4.78, 5) is 12.7. The largest absolute Gasteiger partial charge is 0.493 e. The van der Waals surface area contributed by atoms with Crippen molar-refractivity contribution in [3.8, 4) is 35.7 Å². The predicted octanol–water partition coefficient (Wildman–Crippen LogP) is 6.14. The Morgan fingerprint density at radius 3 is 2.43 bits per heavy atom. The summed E-state index contributed by atoms with van der Waals surface area (Å²) < 4.78 is 16.4. The lowest BCUT2D eigenvalue weighted by atomic mass is 10.1. The van der Waals surface area contributed by atoms with Crippen molar-refractivity contribution in [3.05, 3.63) is 87.4 Å². The van der Waals surface area contributed by atoms with E-state index in [2.05, 4.69) is 11.2 Å². The second-order valence-electron chi connectivity index (χ2n) is 7.09. The number of hydrogen-bond donors (Lipinski definition) is 1. The second-order valence-corrected chi connectivity index (χ2v) is 7.93. The number of methoxy groups -OCH3 is 1. The third kappa shape index (κ3) is 7.19. The molecule has 0 bridgehead atoms. The van der Waals surface area contributed by atoms with Gasteiger partial charge in [0.1, 0.15) is 30.6 Å². The Balaban J connectivity index is 1.68. The average molecular weight is 507 g/mol. The maximum Gasteiger partial charge on any atom is 0.266 e. The molecule has 0 aliphatic carbocycles. The van der Waals surface area contributed by atoms with Gasteiger partial charge in [0.05, 0.1) is 12.1 Å². The summed E-state index contributed by atoms with van der Waals surface area (Å²) >= 11 is 12.2. The van der Waals surface area contributed by atoms with Gasteiger partial charge in [0.15, 0.2) is 11.5 Å². The number of rotatable bonds is 9. The van der Waals surface area contributed by atoms with Crippen molar-refractivity contribution >= 4 is 40.9 Å². The number of halogens is 2. The van der Waals surface area contributed by atoms with Crippen molar-refractivity contribution in [2.45, 2.75) is 6.61 Å². The zero-order valence-electron chi connectivity index (χ0n) is 18.7. The van der Waals surface area contributed by atoms with E-state index in [4.69, 9.17) is 43.8 Å². The van der Waals surface area contributed by atoms with E-state index in [1.54, 1.807) is 48.5 Å². The predicted molar refractivity (Wildman–Crippen MR) is 137 cm³/mol. The topological polar surface area (TPSA) is 80.6 Å². The lowest BCUT2D eigenvalue weighted by Gasteiger charge is -2.12. The van der Waals surface area contributed by atoms with Crippen LogP contribution in [0.4, 0.5) is 5.69 Å². The normalized spacial score (nSPS) is 10.6. The number of benzene rings is 3. The molecule has 0 heterocycles. The first-order valence-corrected chi connectivity index (χ1v) is 11.0. The van der Waals surface area contributed by atoms with E-state index in [0.717, 1.165) is 5.56 Å². The summed E-state index contributed by atoms with van der Waals surface area (Å²) in [5.41, 5.74) is 1.84. The van der Waals surface area contributed by atoms with Crippen molar-refractivity contribution in [1.29, 1.82) is 5.26 Å². The first kappa shape index (κ1) is 25.5. The maximum absolute atomic E-state index is 12.7. The molecular formula is C27H20Cl2N2O4. The Kier molecular flexibility index (Phi) is 9.03. The summed E-state index contributed by atoms with van der Waals surface area (Å²) in [5.74, 6) is 3.01. The molecule has 3 rings (SSSR count). The lowest BCUT2D eigenvalue weighted by molar-refractivity contribution is -0.112. The van der Waals surface area contributed by atoms with Crippen molar-refractivity contribution in [1.82, 2.24) is 0 Å². The van der Waals surface area contributed by atoms with Crippen molar-refractivity contribution in [3.63, 3.8) is 0 Å². The minimum absolute atomic E-state index is 0.0159. The van der Waals surface area contributed by atoms with Crippen LogP contribution in [0.5, 0.6) is 17.2 Å². The smallest absolute Gasteiger partial charge is 0.266 e. The van der Waals surface area contributed by atoms with E-state index in [9.17, 15) is 10.1 Å². The molecule has 0 aliphatic rings. The minimum atomic E-state index is -0.579. The number of nitriles is 1. The molecule has 0 radical (unpaired) electrons. The van der Waals surface area contributed by atoms with Gasteiger partial charge in [-0.25, -0.2) is 0 Å². The molecule has 0 spiro atoms. The molecule has 0 atom stereocenters. The van der Waals surface area contributed by atoms with Crippen LogP contribution in [0.25, 0.3) is 6.08 Å². The molecule has 35 heavy (non-hydrogen) atoms. The molecule has 3 aromatic rings. The summed E-state index contributed by atoms with van der Waals surface area (Å²) in [6.45, 7) is 0.394. The fraction of sp³-hybridized carbons (Fsp3) is 0.111. The van der Waals surface area contributed by atoms with E-state index in [1.807, 2.05) is 18.2 Å². The Labute approximate surface area is 213 Å². The number of nitrogens with one attached hydrogen (secondary N) is 1. The highest BCUT2D eigenvalue weighted by Crippen LogP contribution is 2.37. The summed E-state index contributed by atoms with van der Waals surface area (Å²) in [6, 6.07) is 19.2. The van der Waals surface area contributed by atoms with Crippen molar-refractivity contribution < 1.29 is 19.0 Å². The fourth-order valence-corrected chi connectivity index (χ4v) is 3.37. The van der Waals surface area contributed by atoms with Gasteiger partial charge in [0, 0.05) is 10.7 Å². The standard InChI is InChI=1S/C27H20Cl2N2O4/c1-3-12-34-26-24(29)14-19(15-25(26)33-2)13-20(16-30)27(32)31-22-8-10-23(11-9-22)35-17-18-4-6-21(28)7-5-18/h1,4-11,13-15H,12,17H2,2H3,(H,31,32)/b20-13+. The average Bonchev–Trinajstić information content (AvgIpc) is 2.86. The molecular weight excluding hydrogens is 487 g/mol. The van der Waals surface area contributed by atoms with Gasteiger partial charge in [-0.15, -0.1) is 6.42 Å². The number of hydrogen-bond acceptors (Lipinski definition) is 5. The molecule has 0 aromatic heterocycles. The number of carbonyl (C=O) groups excluding carboxylic acids is 1. The molecule has 0 fully saturated rings. The number of terminal acetylenes is 1. The van der Waals surface area contributed by atoms with Crippen LogP contribution in [0.15, 0.2) is 66.2 Å². The molecule has 1 amide bonds. The third-order valence-electron chi connectivity index (χ3n) is 4.66. The Morgan fingerprint density at radius 2 is 1.80 bits per heavy atom. The van der Waals surface area contributed by atoms with Gasteiger partial charge in [0.25, 0.3) is 5.91 Å². The van der Waals surface area contributed by atoms with Gasteiger partial charge in [-0.1, -0.05) is 41.3 Å². The number of carbonyl (C=O) groups is 1. The van der Waals surface area contributed by atoms with Crippen LogP contribution in [0.2, 0.25) is 10.0 Å². The monoisotopic (exact) mass is 506 g/mol. The van der Waals surface area contributed by atoms with Gasteiger partial charge in [0.2, 0.25) is 0 Å². The SMILES string of the molecule is C#CCOc1c(Cl)cc(/C=C(\C#N)C(=O)Nc2ccc(OCc3ccc(Cl)cc3)cc2)cc1OC. The number of nitrogens with zero attached hydrogens (tertiary/aromatic N) is 1.